The molecule has 0 aliphatic carbocycles. The average Bonchev–Trinajstić information content (AvgIpc) is 3.30. The number of aromatic nitrogens is 1. The van der Waals surface area contributed by atoms with E-state index in [1.54, 1.807) is 6.08 Å². The minimum Gasteiger partial charge on any atom is -0.409 e. The van der Waals surface area contributed by atoms with Gasteiger partial charge >= 0.3 is 0 Å². The highest BCUT2D eigenvalue weighted by atomic mass is 16.7. The second-order valence-electron chi connectivity index (χ2n) is 8.65. The molecule has 2 heterocycles. The highest BCUT2D eigenvalue weighted by Gasteiger charge is 2.15. The van der Waals surface area contributed by atoms with Crippen molar-refractivity contribution >= 4 is 22.8 Å². The zero-order valence-corrected chi connectivity index (χ0v) is 19.5. The third-order valence-corrected chi connectivity index (χ3v) is 6.17. The molecule has 7 heteroatoms. The fourth-order valence-electron chi connectivity index (χ4n) is 4.25. The number of nitrogens with zero attached hydrogens (tertiary/aromatic N) is 2. The molecule has 3 aromatic rings. The van der Waals surface area contributed by atoms with Crippen molar-refractivity contribution in [2.75, 3.05) is 26.3 Å². The summed E-state index contributed by atoms with van der Waals surface area (Å²) < 4.78 is 11.7. The van der Waals surface area contributed by atoms with E-state index in [0.29, 0.717) is 6.61 Å². The van der Waals surface area contributed by atoms with Crippen LogP contribution in [0.25, 0.3) is 17.0 Å². The molecule has 34 heavy (non-hydrogen) atoms. The number of hydrogen-bond acceptors (Lipinski definition) is 5. The van der Waals surface area contributed by atoms with Crippen LogP contribution >= 0.6 is 0 Å². The molecule has 0 amide bonds. The van der Waals surface area contributed by atoms with E-state index in [1.165, 1.54) is 28.5 Å². The second-order valence-corrected chi connectivity index (χ2v) is 8.65. The zero-order chi connectivity index (χ0) is 23.6. The minimum absolute atomic E-state index is 0.0646. The second kappa shape index (κ2) is 12.4. The number of rotatable bonds is 11. The van der Waals surface area contributed by atoms with Gasteiger partial charge in [0.05, 0.1) is 6.61 Å². The Balaban J connectivity index is 1.38. The summed E-state index contributed by atoms with van der Waals surface area (Å²) in [5.74, 6) is 0.0782. The van der Waals surface area contributed by atoms with Gasteiger partial charge in [-0.1, -0.05) is 53.7 Å². The highest BCUT2D eigenvalue weighted by Crippen LogP contribution is 2.19. The van der Waals surface area contributed by atoms with Crippen LogP contribution in [0.4, 0.5) is 0 Å². The van der Waals surface area contributed by atoms with Crippen molar-refractivity contribution in [1.82, 2.24) is 9.88 Å². The van der Waals surface area contributed by atoms with E-state index in [9.17, 15) is 0 Å². The van der Waals surface area contributed by atoms with Crippen molar-refractivity contribution in [3.05, 3.63) is 77.5 Å². The fourth-order valence-corrected chi connectivity index (χ4v) is 4.25. The standard InChI is InChI=1S/C27H34N4O3/c28-26(30-32)13-12-21-8-10-22(11-9-21)20-31(16-18-34-27-7-3-4-17-33-27)15-14-23-19-29-25-6-2-1-5-24(23)25/h1-2,5-6,8-13,19,27,29,32H,3-4,7,14-18,20H2,(H2,28,30). The number of fused-ring (bicyclic) bond motifs is 1. The Hall–Kier alpha value is -3.13. The quantitative estimate of drug-likeness (QED) is 0.169. The van der Waals surface area contributed by atoms with Crippen molar-refractivity contribution in [1.29, 1.82) is 0 Å². The molecule has 4 rings (SSSR count). The largest absolute Gasteiger partial charge is 0.409 e. The molecule has 1 saturated heterocycles. The number of aromatic amines is 1. The maximum atomic E-state index is 8.67. The number of para-hydroxylation sites is 1. The number of ether oxygens (including phenoxy) is 2. The molecule has 1 aliphatic rings. The molecular weight excluding hydrogens is 428 g/mol. The number of amidine groups is 1. The third-order valence-electron chi connectivity index (χ3n) is 6.17. The molecule has 1 unspecified atom stereocenters. The first-order valence-electron chi connectivity index (χ1n) is 12.0. The Morgan fingerprint density at radius 3 is 2.82 bits per heavy atom. The Bertz CT molecular complexity index is 1080. The van der Waals surface area contributed by atoms with Crippen LogP contribution in [0, 0.1) is 0 Å². The van der Waals surface area contributed by atoms with Crippen LogP contribution in [0.5, 0.6) is 0 Å². The van der Waals surface area contributed by atoms with Gasteiger partial charge in [-0.25, -0.2) is 0 Å². The van der Waals surface area contributed by atoms with Crippen LogP contribution in [0.3, 0.4) is 0 Å². The molecule has 1 atom stereocenters. The van der Waals surface area contributed by atoms with Crippen LogP contribution < -0.4 is 5.73 Å². The molecule has 2 aromatic carbocycles. The van der Waals surface area contributed by atoms with Gasteiger partial charge in [0.15, 0.2) is 12.1 Å². The summed E-state index contributed by atoms with van der Waals surface area (Å²) in [4.78, 5) is 5.82. The van der Waals surface area contributed by atoms with Crippen LogP contribution in [-0.2, 0) is 22.4 Å². The van der Waals surface area contributed by atoms with Crippen molar-refractivity contribution in [3.8, 4) is 0 Å². The molecule has 0 saturated carbocycles. The first kappa shape index (κ1) is 24.0. The van der Waals surface area contributed by atoms with Crippen LogP contribution in [0.2, 0.25) is 0 Å². The number of H-pyrrole nitrogens is 1. The molecule has 4 N–H and O–H groups in total. The van der Waals surface area contributed by atoms with Gasteiger partial charge < -0.3 is 25.4 Å². The van der Waals surface area contributed by atoms with Crippen LogP contribution in [0.1, 0.15) is 36.0 Å². The lowest BCUT2D eigenvalue weighted by Gasteiger charge is -2.26. The summed E-state index contributed by atoms with van der Waals surface area (Å²) in [5.41, 5.74) is 10.2. The maximum Gasteiger partial charge on any atom is 0.162 e. The van der Waals surface area contributed by atoms with Crippen LogP contribution in [0.15, 0.2) is 66.0 Å². The Morgan fingerprint density at radius 2 is 2.03 bits per heavy atom. The van der Waals surface area contributed by atoms with Gasteiger partial charge in [0.25, 0.3) is 0 Å². The van der Waals surface area contributed by atoms with Gasteiger partial charge in [0, 0.05) is 43.3 Å². The van der Waals surface area contributed by atoms with Crippen molar-refractivity contribution in [2.45, 2.75) is 38.5 Å². The molecule has 7 nitrogen and oxygen atoms in total. The van der Waals surface area contributed by atoms with Crippen molar-refractivity contribution in [3.63, 3.8) is 0 Å². The van der Waals surface area contributed by atoms with E-state index in [0.717, 1.165) is 51.1 Å². The minimum atomic E-state index is -0.0646. The van der Waals surface area contributed by atoms with E-state index in [1.807, 2.05) is 18.2 Å². The van der Waals surface area contributed by atoms with E-state index >= 15 is 0 Å². The highest BCUT2D eigenvalue weighted by molar-refractivity contribution is 5.94. The Morgan fingerprint density at radius 1 is 1.18 bits per heavy atom. The van der Waals surface area contributed by atoms with E-state index in [-0.39, 0.29) is 12.1 Å². The van der Waals surface area contributed by atoms with Crippen LogP contribution in [-0.4, -0.2) is 53.5 Å². The normalized spacial score (nSPS) is 17.2. The third kappa shape index (κ3) is 6.93. The molecule has 0 radical (unpaired) electrons. The Kier molecular flexibility index (Phi) is 8.73. The molecule has 0 bridgehead atoms. The van der Waals surface area contributed by atoms with Gasteiger partial charge in [-0.05, 0) is 54.5 Å². The van der Waals surface area contributed by atoms with E-state index in [4.69, 9.17) is 20.4 Å². The van der Waals surface area contributed by atoms with Gasteiger partial charge in [-0.3, -0.25) is 4.90 Å². The van der Waals surface area contributed by atoms with Gasteiger partial charge in [-0.15, -0.1) is 0 Å². The monoisotopic (exact) mass is 462 g/mol. The first-order valence-corrected chi connectivity index (χ1v) is 12.0. The lowest BCUT2D eigenvalue weighted by atomic mass is 10.1. The predicted molar refractivity (Wildman–Crippen MR) is 136 cm³/mol. The van der Waals surface area contributed by atoms with E-state index < -0.39 is 0 Å². The summed E-state index contributed by atoms with van der Waals surface area (Å²) in [5, 5.41) is 12.9. The molecule has 1 fully saturated rings. The number of hydrogen-bond donors (Lipinski definition) is 3. The summed E-state index contributed by atoms with van der Waals surface area (Å²) in [6.45, 7) is 4.06. The van der Waals surface area contributed by atoms with Crippen molar-refractivity contribution in [2.24, 2.45) is 10.9 Å². The van der Waals surface area contributed by atoms with Gasteiger partial charge in [-0.2, -0.15) is 0 Å². The molecule has 0 spiro atoms. The van der Waals surface area contributed by atoms with E-state index in [2.05, 4.69) is 57.6 Å². The molecule has 1 aliphatic heterocycles. The number of nitrogens with two attached hydrogens (primary N) is 1. The number of nitrogens with one attached hydrogen (secondary N) is 1. The SMILES string of the molecule is NC(C=Cc1ccc(CN(CCOC2CCCCO2)CCc2c[nH]c3ccccc23)cc1)=NO. The zero-order valence-electron chi connectivity index (χ0n) is 19.5. The summed E-state index contributed by atoms with van der Waals surface area (Å²) >= 11 is 0. The smallest absolute Gasteiger partial charge is 0.162 e. The molecule has 1 aromatic heterocycles. The number of benzene rings is 2. The predicted octanol–water partition coefficient (Wildman–Crippen LogP) is 4.52. The lowest BCUT2D eigenvalue weighted by molar-refractivity contribution is -0.164. The maximum absolute atomic E-state index is 8.67. The molecule has 180 valence electrons. The summed E-state index contributed by atoms with van der Waals surface area (Å²) in [6, 6.07) is 16.8. The average molecular weight is 463 g/mol. The van der Waals surface area contributed by atoms with Crippen molar-refractivity contribution < 1.29 is 14.7 Å². The van der Waals surface area contributed by atoms with Gasteiger partial charge in [0.1, 0.15) is 0 Å². The number of oxime groups is 1. The molecular formula is C27H34N4O3. The first-order chi connectivity index (χ1) is 16.7. The Labute approximate surface area is 200 Å². The fraction of sp³-hybridized carbons (Fsp3) is 0.370. The lowest BCUT2D eigenvalue weighted by Crippen LogP contribution is -2.32. The summed E-state index contributed by atoms with van der Waals surface area (Å²) in [7, 11) is 0. The summed E-state index contributed by atoms with van der Waals surface area (Å²) in [6.07, 6.45) is 9.70. The topological polar surface area (TPSA) is 96.1 Å². The van der Waals surface area contributed by atoms with Gasteiger partial charge in [0.2, 0.25) is 0 Å².